The third-order valence-corrected chi connectivity index (χ3v) is 1.82. The van der Waals surface area contributed by atoms with Gasteiger partial charge in [0.1, 0.15) is 6.33 Å². The number of aryl methyl sites for hydroxylation is 1. The number of nitrogens with two attached hydrogens (primary N) is 1. The Bertz CT molecular complexity index is 314. The van der Waals surface area contributed by atoms with Gasteiger partial charge in [0.15, 0.2) is 0 Å². The summed E-state index contributed by atoms with van der Waals surface area (Å²) in [6, 6.07) is -0.0915. The summed E-state index contributed by atoms with van der Waals surface area (Å²) in [4.78, 5) is 8.04. The molecule has 0 fully saturated rings. The summed E-state index contributed by atoms with van der Waals surface area (Å²) in [5, 5.41) is 0. The molecular formula is C10H15N3. The zero-order chi connectivity index (χ0) is 9.84. The maximum absolute atomic E-state index is 5.94. The highest BCUT2D eigenvalue weighted by Crippen LogP contribution is 2.14. The normalized spacial score (nSPS) is 12.3. The van der Waals surface area contributed by atoms with Crippen LogP contribution in [0.1, 0.15) is 31.1 Å². The predicted octanol–water partition coefficient (Wildman–Crippen LogP) is 1.75. The van der Waals surface area contributed by atoms with Crippen LogP contribution in [0.5, 0.6) is 0 Å². The maximum Gasteiger partial charge on any atom is 0.115 e. The highest BCUT2D eigenvalue weighted by atomic mass is 14.8. The Balaban J connectivity index is 2.95. The molecule has 0 aromatic carbocycles. The van der Waals surface area contributed by atoms with Crippen LogP contribution in [-0.2, 0) is 0 Å². The summed E-state index contributed by atoms with van der Waals surface area (Å²) in [5.74, 6) is 0. The molecule has 1 atom stereocenters. The first-order valence-corrected chi connectivity index (χ1v) is 4.28. The summed E-state index contributed by atoms with van der Waals surface area (Å²) in [6.07, 6.45) is 5.31. The van der Waals surface area contributed by atoms with Crippen LogP contribution in [0.4, 0.5) is 0 Å². The van der Waals surface area contributed by atoms with E-state index in [1.54, 1.807) is 6.20 Å². The molecule has 3 heteroatoms. The minimum absolute atomic E-state index is 0.0915. The van der Waals surface area contributed by atoms with Crippen molar-refractivity contribution >= 4 is 0 Å². The fourth-order valence-corrected chi connectivity index (χ4v) is 1.18. The zero-order valence-electron chi connectivity index (χ0n) is 8.28. The number of hydrogen-bond donors (Lipinski definition) is 1. The average Bonchev–Trinajstić information content (AvgIpc) is 2.03. The van der Waals surface area contributed by atoms with Crippen molar-refractivity contribution in [2.45, 2.75) is 26.8 Å². The summed E-state index contributed by atoms with van der Waals surface area (Å²) in [6.45, 7) is 5.99. The molecule has 1 heterocycles. The van der Waals surface area contributed by atoms with Gasteiger partial charge in [0.25, 0.3) is 0 Å². The van der Waals surface area contributed by atoms with Crippen molar-refractivity contribution in [1.82, 2.24) is 9.97 Å². The second-order valence-electron chi connectivity index (χ2n) is 3.33. The number of nitrogens with zero attached hydrogens (tertiary/aromatic N) is 2. The minimum Gasteiger partial charge on any atom is -0.321 e. The van der Waals surface area contributed by atoms with Crippen molar-refractivity contribution < 1.29 is 0 Å². The lowest BCUT2D eigenvalue weighted by Gasteiger charge is -2.09. The van der Waals surface area contributed by atoms with E-state index in [1.165, 1.54) is 11.9 Å². The minimum atomic E-state index is -0.0915. The molecule has 0 saturated heterocycles. The van der Waals surface area contributed by atoms with Crippen LogP contribution in [0, 0.1) is 6.92 Å². The molecule has 1 rings (SSSR count). The standard InChI is InChI=1S/C10H15N3/c1-7(2)4-10(11)9-5-12-6-13-8(9)3/h4-6,10H,11H2,1-3H3. The van der Waals surface area contributed by atoms with E-state index in [9.17, 15) is 0 Å². The summed E-state index contributed by atoms with van der Waals surface area (Å²) in [7, 11) is 0. The van der Waals surface area contributed by atoms with Gasteiger partial charge in [0, 0.05) is 17.5 Å². The quantitative estimate of drug-likeness (QED) is 0.700. The third kappa shape index (κ3) is 2.63. The Morgan fingerprint density at radius 2 is 2.23 bits per heavy atom. The highest BCUT2D eigenvalue weighted by Gasteiger charge is 2.06. The van der Waals surface area contributed by atoms with Crippen LogP contribution in [0.15, 0.2) is 24.2 Å². The number of rotatable bonds is 2. The SMILES string of the molecule is CC(C)=CC(N)c1cncnc1C. The van der Waals surface area contributed by atoms with E-state index in [0.29, 0.717) is 0 Å². The molecule has 13 heavy (non-hydrogen) atoms. The zero-order valence-corrected chi connectivity index (χ0v) is 8.28. The molecule has 1 unspecified atom stereocenters. The monoisotopic (exact) mass is 177 g/mol. The molecule has 0 amide bonds. The Kier molecular flexibility index (Phi) is 3.14. The van der Waals surface area contributed by atoms with Crippen molar-refractivity contribution in [2.24, 2.45) is 5.73 Å². The molecule has 0 aliphatic heterocycles. The second kappa shape index (κ2) is 4.14. The molecule has 1 aromatic heterocycles. The largest absolute Gasteiger partial charge is 0.321 e. The molecule has 1 aromatic rings. The number of hydrogen-bond acceptors (Lipinski definition) is 3. The fourth-order valence-electron chi connectivity index (χ4n) is 1.18. The Hall–Kier alpha value is -1.22. The van der Waals surface area contributed by atoms with Crippen LogP contribution in [-0.4, -0.2) is 9.97 Å². The lowest BCUT2D eigenvalue weighted by atomic mass is 10.1. The molecule has 0 aliphatic carbocycles. The molecule has 3 nitrogen and oxygen atoms in total. The Labute approximate surface area is 78.7 Å². The first-order chi connectivity index (χ1) is 6.11. The van der Waals surface area contributed by atoms with E-state index < -0.39 is 0 Å². The van der Waals surface area contributed by atoms with E-state index in [1.807, 2.05) is 26.8 Å². The molecule has 0 saturated carbocycles. The van der Waals surface area contributed by atoms with Crippen molar-refractivity contribution in [3.8, 4) is 0 Å². The van der Waals surface area contributed by atoms with Gasteiger partial charge in [-0.05, 0) is 20.8 Å². The van der Waals surface area contributed by atoms with Crippen molar-refractivity contribution in [1.29, 1.82) is 0 Å². The molecular weight excluding hydrogens is 162 g/mol. The predicted molar refractivity (Wildman–Crippen MR) is 53.1 cm³/mol. The first-order valence-electron chi connectivity index (χ1n) is 4.28. The van der Waals surface area contributed by atoms with Gasteiger partial charge in [0.2, 0.25) is 0 Å². The smallest absolute Gasteiger partial charge is 0.115 e. The summed E-state index contributed by atoms with van der Waals surface area (Å²) < 4.78 is 0. The van der Waals surface area contributed by atoms with E-state index in [4.69, 9.17) is 5.73 Å². The molecule has 0 bridgehead atoms. The average molecular weight is 177 g/mol. The Morgan fingerprint density at radius 3 is 2.77 bits per heavy atom. The highest BCUT2D eigenvalue weighted by molar-refractivity contribution is 5.23. The van der Waals surface area contributed by atoms with Crippen LogP contribution in [0.3, 0.4) is 0 Å². The van der Waals surface area contributed by atoms with E-state index in [2.05, 4.69) is 9.97 Å². The third-order valence-electron chi connectivity index (χ3n) is 1.82. The molecule has 0 aliphatic rings. The summed E-state index contributed by atoms with van der Waals surface area (Å²) >= 11 is 0. The lowest BCUT2D eigenvalue weighted by molar-refractivity contribution is 0.856. The van der Waals surface area contributed by atoms with Crippen molar-refractivity contribution in [3.63, 3.8) is 0 Å². The lowest BCUT2D eigenvalue weighted by Crippen LogP contribution is -2.10. The van der Waals surface area contributed by atoms with Crippen LogP contribution in [0.2, 0.25) is 0 Å². The first kappa shape index (κ1) is 9.86. The van der Waals surface area contributed by atoms with Gasteiger partial charge in [-0.2, -0.15) is 0 Å². The molecule has 70 valence electrons. The van der Waals surface area contributed by atoms with Crippen LogP contribution >= 0.6 is 0 Å². The Morgan fingerprint density at radius 1 is 1.54 bits per heavy atom. The van der Waals surface area contributed by atoms with Gasteiger partial charge in [0.05, 0.1) is 6.04 Å². The van der Waals surface area contributed by atoms with Gasteiger partial charge >= 0.3 is 0 Å². The molecule has 0 spiro atoms. The fraction of sp³-hybridized carbons (Fsp3) is 0.400. The molecule has 0 radical (unpaired) electrons. The van der Waals surface area contributed by atoms with Crippen molar-refractivity contribution in [2.75, 3.05) is 0 Å². The van der Waals surface area contributed by atoms with E-state index in [0.717, 1.165) is 11.3 Å². The van der Waals surface area contributed by atoms with E-state index >= 15 is 0 Å². The number of aromatic nitrogens is 2. The van der Waals surface area contributed by atoms with Crippen molar-refractivity contribution in [3.05, 3.63) is 35.4 Å². The van der Waals surface area contributed by atoms with Gasteiger partial charge in [-0.25, -0.2) is 9.97 Å². The van der Waals surface area contributed by atoms with Gasteiger partial charge in [-0.3, -0.25) is 0 Å². The van der Waals surface area contributed by atoms with Crippen LogP contribution < -0.4 is 5.73 Å². The van der Waals surface area contributed by atoms with Gasteiger partial charge < -0.3 is 5.73 Å². The van der Waals surface area contributed by atoms with Gasteiger partial charge in [-0.1, -0.05) is 11.6 Å². The van der Waals surface area contributed by atoms with Crippen LogP contribution in [0.25, 0.3) is 0 Å². The topological polar surface area (TPSA) is 51.8 Å². The van der Waals surface area contributed by atoms with E-state index in [-0.39, 0.29) is 6.04 Å². The van der Waals surface area contributed by atoms with Gasteiger partial charge in [-0.15, -0.1) is 0 Å². The second-order valence-corrected chi connectivity index (χ2v) is 3.33. The maximum atomic E-state index is 5.94. The summed E-state index contributed by atoms with van der Waals surface area (Å²) in [5.41, 5.74) is 9.08. The number of allylic oxidation sites excluding steroid dienone is 1. The molecule has 2 N–H and O–H groups in total.